The molecule has 0 aliphatic heterocycles. The molecule has 1 aromatic rings. The third-order valence-electron chi connectivity index (χ3n) is 3.72. The van der Waals surface area contributed by atoms with Crippen molar-refractivity contribution in [3.05, 3.63) is 16.3 Å². The second-order valence-corrected chi connectivity index (χ2v) is 6.67. The van der Waals surface area contributed by atoms with E-state index >= 15 is 0 Å². The first-order valence-electron chi connectivity index (χ1n) is 6.81. The Morgan fingerprint density at radius 1 is 1.35 bits per heavy atom. The molecule has 1 aromatic heterocycles. The summed E-state index contributed by atoms with van der Waals surface area (Å²) in [5, 5.41) is 7.69. The van der Waals surface area contributed by atoms with Crippen LogP contribution in [-0.2, 0) is 4.79 Å². The molecule has 2 N–H and O–H groups in total. The molecule has 1 saturated carbocycles. The molecule has 1 aliphatic rings. The van der Waals surface area contributed by atoms with Crippen molar-refractivity contribution in [1.29, 1.82) is 0 Å². The number of amides is 2. The fourth-order valence-corrected chi connectivity index (χ4v) is 4.31. The Balaban J connectivity index is 2.07. The highest BCUT2D eigenvalue weighted by molar-refractivity contribution is 7.98. The van der Waals surface area contributed by atoms with Crippen LogP contribution in [0.3, 0.4) is 0 Å². The molecular weight excluding hydrogens is 292 g/mol. The summed E-state index contributed by atoms with van der Waals surface area (Å²) in [6.07, 6.45) is 5.82. The van der Waals surface area contributed by atoms with Gasteiger partial charge in [0.1, 0.15) is 4.88 Å². The monoisotopic (exact) mass is 312 g/mol. The van der Waals surface area contributed by atoms with Crippen LogP contribution in [0.15, 0.2) is 16.3 Å². The summed E-state index contributed by atoms with van der Waals surface area (Å²) in [4.78, 5) is 26.0. The van der Waals surface area contributed by atoms with Crippen molar-refractivity contribution in [3.8, 4) is 0 Å². The maximum Gasteiger partial charge on any atom is 0.262 e. The minimum Gasteiger partial charge on any atom is -0.359 e. The van der Waals surface area contributed by atoms with Gasteiger partial charge in [-0.2, -0.15) is 0 Å². The van der Waals surface area contributed by atoms with Gasteiger partial charge in [-0.1, -0.05) is 12.8 Å². The zero-order valence-electron chi connectivity index (χ0n) is 11.8. The number of thioether (sulfide) groups is 1. The first-order valence-corrected chi connectivity index (χ1v) is 8.91. The Morgan fingerprint density at radius 2 is 2.10 bits per heavy atom. The standard InChI is InChI=1S/C14H20N2O2S2/c1-15-13(17)9-5-3-4-6-10(9)16-14(18)12-11(19-2)7-8-20-12/h7-10H,3-6H2,1-2H3,(H,15,17)(H,16,18). The molecule has 0 saturated heterocycles. The van der Waals surface area contributed by atoms with Crippen LogP contribution >= 0.6 is 23.1 Å². The highest BCUT2D eigenvalue weighted by atomic mass is 32.2. The fourth-order valence-electron chi connectivity index (χ4n) is 2.66. The van der Waals surface area contributed by atoms with Gasteiger partial charge in [0.25, 0.3) is 5.91 Å². The molecule has 2 amide bonds. The Morgan fingerprint density at radius 3 is 2.80 bits per heavy atom. The third kappa shape index (κ3) is 3.35. The quantitative estimate of drug-likeness (QED) is 0.840. The SMILES string of the molecule is CNC(=O)C1CCCCC1NC(=O)c1sccc1SC. The normalized spacial score (nSPS) is 22.3. The smallest absolute Gasteiger partial charge is 0.262 e. The van der Waals surface area contributed by atoms with Crippen LogP contribution in [0.5, 0.6) is 0 Å². The lowest BCUT2D eigenvalue weighted by molar-refractivity contribution is -0.126. The molecule has 0 bridgehead atoms. The topological polar surface area (TPSA) is 58.2 Å². The van der Waals surface area contributed by atoms with Crippen LogP contribution in [0.1, 0.15) is 35.4 Å². The van der Waals surface area contributed by atoms with E-state index in [0.717, 1.165) is 35.5 Å². The molecule has 4 nitrogen and oxygen atoms in total. The van der Waals surface area contributed by atoms with Crippen molar-refractivity contribution in [2.24, 2.45) is 5.92 Å². The van der Waals surface area contributed by atoms with Gasteiger partial charge in [-0.15, -0.1) is 23.1 Å². The van der Waals surface area contributed by atoms with E-state index in [1.807, 2.05) is 17.7 Å². The van der Waals surface area contributed by atoms with Gasteiger partial charge >= 0.3 is 0 Å². The lowest BCUT2D eigenvalue weighted by Crippen LogP contribution is -2.47. The fraction of sp³-hybridized carbons (Fsp3) is 0.571. The molecule has 6 heteroatoms. The number of carbonyl (C=O) groups excluding carboxylic acids is 2. The summed E-state index contributed by atoms with van der Waals surface area (Å²) in [7, 11) is 1.65. The van der Waals surface area contributed by atoms with E-state index in [9.17, 15) is 9.59 Å². The summed E-state index contributed by atoms with van der Waals surface area (Å²) in [5.41, 5.74) is 0. The summed E-state index contributed by atoms with van der Waals surface area (Å²) in [6.45, 7) is 0. The van der Waals surface area contributed by atoms with Crippen molar-refractivity contribution in [2.75, 3.05) is 13.3 Å². The van der Waals surface area contributed by atoms with Crippen LogP contribution in [0.4, 0.5) is 0 Å². The second kappa shape index (κ2) is 7.13. The largest absolute Gasteiger partial charge is 0.359 e. The average molecular weight is 312 g/mol. The van der Waals surface area contributed by atoms with Crippen molar-refractivity contribution in [2.45, 2.75) is 36.6 Å². The van der Waals surface area contributed by atoms with Crippen molar-refractivity contribution < 1.29 is 9.59 Å². The van der Waals surface area contributed by atoms with Crippen LogP contribution < -0.4 is 10.6 Å². The molecule has 2 atom stereocenters. The molecule has 2 rings (SSSR count). The third-order valence-corrected chi connectivity index (χ3v) is 5.54. The summed E-state index contributed by atoms with van der Waals surface area (Å²) >= 11 is 3.03. The van der Waals surface area contributed by atoms with Gasteiger partial charge in [0.15, 0.2) is 0 Å². The van der Waals surface area contributed by atoms with Gasteiger partial charge in [0.05, 0.1) is 5.92 Å². The highest BCUT2D eigenvalue weighted by Crippen LogP contribution is 2.28. The first-order chi connectivity index (χ1) is 9.67. The Kier molecular flexibility index (Phi) is 5.48. The maximum absolute atomic E-state index is 12.4. The zero-order valence-corrected chi connectivity index (χ0v) is 13.4. The molecule has 0 spiro atoms. The van der Waals surface area contributed by atoms with Gasteiger partial charge in [0.2, 0.25) is 5.91 Å². The molecule has 1 heterocycles. The van der Waals surface area contributed by atoms with Gasteiger partial charge in [-0.25, -0.2) is 0 Å². The van der Waals surface area contributed by atoms with E-state index in [-0.39, 0.29) is 23.8 Å². The molecule has 110 valence electrons. The minimum absolute atomic E-state index is 0.0336. The second-order valence-electron chi connectivity index (χ2n) is 4.90. The first kappa shape index (κ1) is 15.4. The van der Waals surface area contributed by atoms with Crippen molar-refractivity contribution >= 4 is 34.9 Å². The molecule has 0 radical (unpaired) electrons. The molecule has 0 aromatic carbocycles. The number of carbonyl (C=O) groups is 2. The Hall–Kier alpha value is -1.01. The van der Waals surface area contributed by atoms with E-state index in [2.05, 4.69) is 10.6 Å². The van der Waals surface area contributed by atoms with E-state index in [4.69, 9.17) is 0 Å². The van der Waals surface area contributed by atoms with E-state index in [1.165, 1.54) is 11.3 Å². The van der Waals surface area contributed by atoms with Crippen LogP contribution in [0, 0.1) is 5.92 Å². The van der Waals surface area contributed by atoms with Crippen LogP contribution in [0.2, 0.25) is 0 Å². The molecule has 1 fully saturated rings. The van der Waals surface area contributed by atoms with Crippen molar-refractivity contribution in [1.82, 2.24) is 10.6 Å². The summed E-state index contributed by atoms with van der Waals surface area (Å²) in [6, 6.07) is 1.91. The van der Waals surface area contributed by atoms with Crippen LogP contribution in [-0.4, -0.2) is 31.2 Å². The van der Waals surface area contributed by atoms with Crippen molar-refractivity contribution in [3.63, 3.8) is 0 Å². The van der Waals surface area contributed by atoms with Gasteiger partial charge in [-0.3, -0.25) is 9.59 Å². The minimum atomic E-state index is -0.101. The maximum atomic E-state index is 12.4. The predicted octanol–water partition coefficient (Wildman–Crippen LogP) is 2.50. The molecule has 2 unspecified atom stereocenters. The number of hydrogen-bond donors (Lipinski definition) is 2. The van der Waals surface area contributed by atoms with E-state index in [1.54, 1.807) is 18.8 Å². The number of thiophene rings is 1. The Labute approximate surface area is 127 Å². The van der Waals surface area contributed by atoms with Gasteiger partial charge < -0.3 is 10.6 Å². The van der Waals surface area contributed by atoms with E-state index < -0.39 is 0 Å². The zero-order chi connectivity index (χ0) is 14.5. The van der Waals surface area contributed by atoms with Gasteiger partial charge in [-0.05, 0) is 30.5 Å². The highest BCUT2D eigenvalue weighted by Gasteiger charge is 2.32. The average Bonchev–Trinajstić information content (AvgIpc) is 2.95. The number of rotatable bonds is 4. The van der Waals surface area contributed by atoms with Crippen LogP contribution in [0.25, 0.3) is 0 Å². The number of hydrogen-bond acceptors (Lipinski definition) is 4. The predicted molar refractivity (Wildman–Crippen MR) is 83.4 cm³/mol. The molecule has 20 heavy (non-hydrogen) atoms. The van der Waals surface area contributed by atoms with E-state index in [0.29, 0.717) is 0 Å². The Bertz CT molecular complexity index is 487. The number of nitrogens with one attached hydrogen (secondary N) is 2. The molecule has 1 aliphatic carbocycles. The lowest BCUT2D eigenvalue weighted by Gasteiger charge is -2.30. The summed E-state index contributed by atoms with van der Waals surface area (Å²) < 4.78 is 0. The molecular formula is C14H20N2O2S2. The van der Waals surface area contributed by atoms with Gasteiger partial charge in [0, 0.05) is 18.0 Å². The lowest BCUT2D eigenvalue weighted by atomic mass is 9.84. The summed E-state index contributed by atoms with van der Waals surface area (Å²) in [5.74, 6) is -0.119.